The average Bonchev–Trinajstić information content (AvgIpc) is 3.20. The first kappa shape index (κ1) is 55.5. The number of unbranched alkanes of at least 4 members (excludes halogenated alkanes) is 28. The van der Waals surface area contributed by atoms with Crippen LogP contribution in [-0.4, -0.2) is 49.3 Å². The Morgan fingerprint density at radius 2 is 0.860 bits per heavy atom. The van der Waals surface area contributed by atoms with E-state index in [1.54, 1.807) is 0 Å². The highest BCUT2D eigenvalue weighted by molar-refractivity contribution is 7.47. The second kappa shape index (κ2) is 44.1. The Bertz CT molecular complexity index is 990. The van der Waals surface area contributed by atoms with Gasteiger partial charge in [-0.25, -0.2) is 4.57 Å². The van der Waals surface area contributed by atoms with Crippen LogP contribution in [0.25, 0.3) is 0 Å². The van der Waals surface area contributed by atoms with E-state index >= 15 is 0 Å². The lowest BCUT2D eigenvalue weighted by molar-refractivity contribution is -0.161. The van der Waals surface area contributed by atoms with Gasteiger partial charge in [0.2, 0.25) is 0 Å². The number of hydrogen-bond acceptors (Lipinski definition) is 8. The van der Waals surface area contributed by atoms with E-state index < -0.39 is 26.5 Å². The van der Waals surface area contributed by atoms with Gasteiger partial charge < -0.3 is 20.1 Å². The van der Waals surface area contributed by atoms with Crippen LogP contribution in [0.3, 0.4) is 0 Å². The number of phosphoric acid groups is 1. The molecule has 0 heterocycles. The fourth-order valence-corrected chi connectivity index (χ4v) is 7.51. The Hall–Kier alpha value is -1.51. The predicted octanol–water partition coefficient (Wildman–Crippen LogP) is 13.9. The summed E-state index contributed by atoms with van der Waals surface area (Å²) in [7, 11) is -4.38. The van der Waals surface area contributed by atoms with Crippen molar-refractivity contribution >= 4 is 19.8 Å². The van der Waals surface area contributed by atoms with Crippen LogP contribution in [-0.2, 0) is 32.7 Å². The van der Waals surface area contributed by atoms with Gasteiger partial charge in [0.25, 0.3) is 0 Å². The third-order valence-electron chi connectivity index (χ3n) is 10.3. The highest BCUT2D eigenvalue weighted by Crippen LogP contribution is 2.43. The number of esters is 2. The van der Waals surface area contributed by atoms with E-state index in [0.29, 0.717) is 6.42 Å². The topological polar surface area (TPSA) is 134 Å². The minimum absolute atomic E-state index is 0.0540. The Kier molecular flexibility index (Phi) is 42.9. The van der Waals surface area contributed by atoms with Gasteiger partial charge in [0.1, 0.15) is 6.61 Å². The van der Waals surface area contributed by atoms with Gasteiger partial charge in [0.05, 0.1) is 13.2 Å². The van der Waals surface area contributed by atoms with E-state index in [1.807, 2.05) is 0 Å². The van der Waals surface area contributed by atoms with Crippen LogP contribution in [0.2, 0.25) is 0 Å². The molecule has 0 aromatic rings. The smallest absolute Gasteiger partial charge is 0.462 e. The van der Waals surface area contributed by atoms with Gasteiger partial charge in [-0.15, -0.1) is 0 Å². The van der Waals surface area contributed by atoms with E-state index in [-0.39, 0.29) is 38.6 Å². The molecule has 0 fully saturated rings. The van der Waals surface area contributed by atoms with Crippen molar-refractivity contribution in [2.24, 2.45) is 5.73 Å². The van der Waals surface area contributed by atoms with Crippen LogP contribution in [0.5, 0.6) is 0 Å². The van der Waals surface area contributed by atoms with Crippen molar-refractivity contribution in [2.75, 3.05) is 26.4 Å². The molecule has 0 amide bonds. The summed E-state index contributed by atoms with van der Waals surface area (Å²) in [5, 5.41) is 0. The zero-order valence-electron chi connectivity index (χ0n) is 37.1. The standard InChI is InChI=1S/C47H90NO8P/c1-3-5-7-9-11-13-15-17-19-20-21-22-23-24-26-27-29-31-33-35-37-39-46(49)53-43-45(44-55-57(51,52)54-42-41-48)56-47(50)40-38-36-34-32-30-28-25-18-16-14-12-10-8-6-4-2/h14,16-17,19,45H,3-13,15,18,20-44,48H2,1-2H3,(H,51,52)/t45-/m1/s1. The Morgan fingerprint density at radius 3 is 1.26 bits per heavy atom. The maximum absolute atomic E-state index is 12.6. The molecule has 0 spiro atoms. The summed E-state index contributed by atoms with van der Waals surface area (Å²) in [5.41, 5.74) is 5.36. The van der Waals surface area contributed by atoms with Crippen LogP contribution in [0.15, 0.2) is 24.3 Å². The lowest BCUT2D eigenvalue weighted by Crippen LogP contribution is -2.29. The quantitative estimate of drug-likeness (QED) is 0.0266. The van der Waals surface area contributed by atoms with E-state index in [1.165, 1.54) is 154 Å². The fraction of sp³-hybridized carbons (Fsp3) is 0.872. The normalized spacial score (nSPS) is 13.4. The molecule has 0 radical (unpaired) electrons. The lowest BCUT2D eigenvalue weighted by Gasteiger charge is -2.19. The molecule has 336 valence electrons. The fourth-order valence-electron chi connectivity index (χ4n) is 6.74. The van der Waals surface area contributed by atoms with Crippen LogP contribution < -0.4 is 5.73 Å². The molecular weight excluding hydrogens is 737 g/mol. The molecular formula is C47H90NO8P. The number of phosphoric ester groups is 1. The SMILES string of the molecule is CCCCCCC=CCCCCCCCCCC(=O)O[C@H](COC(=O)CCCCCCCCCCCCCC=CCCCCCCCC)COP(=O)(O)OCCN. The summed E-state index contributed by atoms with van der Waals surface area (Å²) in [6.07, 6.45) is 47.8. The number of rotatable bonds is 45. The van der Waals surface area contributed by atoms with Gasteiger partial charge in [0.15, 0.2) is 6.10 Å². The molecule has 3 N–H and O–H groups in total. The number of carbonyl (C=O) groups excluding carboxylic acids is 2. The minimum atomic E-state index is -4.38. The third kappa shape index (κ3) is 43.9. The Morgan fingerprint density at radius 1 is 0.509 bits per heavy atom. The maximum atomic E-state index is 12.6. The number of allylic oxidation sites excluding steroid dienone is 4. The molecule has 2 atom stereocenters. The van der Waals surface area contributed by atoms with Gasteiger partial charge in [-0.3, -0.25) is 18.6 Å². The summed E-state index contributed by atoms with van der Waals surface area (Å²) in [5.74, 6) is -0.826. The van der Waals surface area contributed by atoms with Crippen molar-refractivity contribution in [3.05, 3.63) is 24.3 Å². The van der Waals surface area contributed by atoms with Crippen LogP contribution >= 0.6 is 7.82 Å². The first-order valence-electron chi connectivity index (χ1n) is 23.8. The lowest BCUT2D eigenvalue weighted by atomic mass is 10.0. The highest BCUT2D eigenvalue weighted by atomic mass is 31.2. The van der Waals surface area contributed by atoms with Gasteiger partial charge in [0, 0.05) is 19.4 Å². The number of ether oxygens (including phenoxy) is 2. The first-order valence-corrected chi connectivity index (χ1v) is 25.3. The third-order valence-corrected chi connectivity index (χ3v) is 11.3. The molecule has 0 saturated heterocycles. The molecule has 57 heavy (non-hydrogen) atoms. The average molecular weight is 828 g/mol. The van der Waals surface area contributed by atoms with Gasteiger partial charge in [-0.1, -0.05) is 179 Å². The molecule has 0 aliphatic carbocycles. The highest BCUT2D eigenvalue weighted by Gasteiger charge is 2.26. The zero-order chi connectivity index (χ0) is 41.8. The van der Waals surface area contributed by atoms with Gasteiger partial charge >= 0.3 is 19.8 Å². The molecule has 0 saturated carbocycles. The largest absolute Gasteiger partial charge is 0.472 e. The molecule has 0 rings (SSSR count). The Labute approximate surface area is 351 Å². The van der Waals surface area contributed by atoms with Crippen molar-refractivity contribution in [3.8, 4) is 0 Å². The van der Waals surface area contributed by atoms with E-state index in [0.717, 1.165) is 44.9 Å². The number of hydrogen-bond donors (Lipinski definition) is 2. The van der Waals surface area contributed by atoms with Crippen LogP contribution in [0.4, 0.5) is 0 Å². The minimum Gasteiger partial charge on any atom is -0.462 e. The Balaban J connectivity index is 4.05. The van der Waals surface area contributed by atoms with Crippen molar-refractivity contribution in [1.82, 2.24) is 0 Å². The summed E-state index contributed by atoms with van der Waals surface area (Å²) in [4.78, 5) is 34.9. The van der Waals surface area contributed by atoms with Crippen molar-refractivity contribution in [1.29, 1.82) is 0 Å². The van der Waals surface area contributed by atoms with Crippen LogP contribution in [0, 0.1) is 0 Å². The van der Waals surface area contributed by atoms with Crippen molar-refractivity contribution in [3.63, 3.8) is 0 Å². The second-order valence-corrected chi connectivity index (χ2v) is 17.4. The summed E-state index contributed by atoms with van der Waals surface area (Å²) < 4.78 is 32.8. The van der Waals surface area contributed by atoms with E-state index in [4.69, 9.17) is 24.3 Å². The maximum Gasteiger partial charge on any atom is 0.472 e. The summed E-state index contributed by atoms with van der Waals surface area (Å²) in [6.45, 7) is 3.74. The molecule has 0 aliphatic rings. The molecule has 1 unspecified atom stereocenters. The summed E-state index contributed by atoms with van der Waals surface area (Å²) in [6, 6.07) is 0. The van der Waals surface area contributed by atoms with Crippen molar-refractivity contribution < 1.29 is 37.6 Å². The second-order valence-electron chi connectivity index (χ2n) is 16.0. The number of nitrogens with two attached hydrogens (primary N) is 1. The van der Waals surface area contributed by atoms with Gasteiger partial charge in [-0.05, 0) is 64.2 Å². The predicted molar refractivity (Wildman–Crippen MR) is 238 cm³/mol. The van der Waals surface area contributed by atoms with Crippen LogP contribution in [0.1, 0.15) is 232 Å². The molecule has 0 bridgehead atoms. The van der Waals surface area contributed by atoms with E-state index in [9.17, 15) is 19.0 Å². The molecule has 10 heteroatoms. The summed E-state index contributed by atoms with van der Waals surface area (Å²) >= 11 is 0. The monoisotopic (exact) mass is 828 g/mol. The van der Waals surface area contributed by atoms with Crippen molar-refractivity contribution in [2.45, 2.75) is 238 Å². The molecule has 0 aliphatic heterocycles. The van der Waals surface area contributed by atoms with Gasteiger partial charge in [-0.2, -0.15) is 0 Å². The molecule has 0 aromatic heterocycles. The molecule has 9 nitrogen and oxygen atoms in total. The zero-order valence-corrected chi connectivity index (χ0v) is 38.0. The van der Waals surface area contributed by atoms with E-state index in [2.05, 4.69) is 38.2 Å². The number of carbonyl (C=O) groups is 2. The first-order chi connectivity index (χ1) is 27.8. The molecule has 0 aromatic carbocycles.